The molecule has 0 saturated heterocycles. The maximum absolute atomic E-state index is 2.44. The molecule has 0 radical (unpaired) electrons. The second kappa shape index (κ2) is 10.1. The molecule has 0 amide bonds. The van der Waals surface area contributed by atoms with Crippen LogP contribution in [0.4, 0.5) is 0 Å². The summed E-state index contributed by atoms with van der Waals surface area (Å²) in [5.41, 5.74) is 0.720. The van der Waals surface area contributed by atoms with Gasteiger partial charge < -0.3 is 0 Å². The van der Waals surface area contributed by atoms with Gasteiger partial charge in [0.1, 0.15) is 0 Å². The summed E-state index contributed by atoms with van der Waals surface area (Å²) < 4.78 is 0. The first kappa shape index (κ1) is 15.5. The van der Waals surface area contributed by atoms with E-state index in [0.717, 1.165) is 5.41 Å². The zero-order valence-corrected chi connectivity index (χ0v) is 10.7. The fourth-order valence-electron chi connectivity index (χ4n) is 1.76. The van der Waals surface area contributed by atoms with Gasteiger partial charge in [0.2, 0.25) is 0 Å². The normalized spacial score (nSPS) is 18.9. The summed E-state index contributed by atoms with van der Waals surface area (Å²) in [5.74, 6) is 0. The highest BCUT2D eigenvalue weighted by molar-refractivity contribution is 4.76. The van der Waals surface area contributed by atoms with Gasteiger partial charge in [-0.1, -0.05) is 67.2 Å². The van der Waals surface area contributed by atoms with Gasteiger partial charge in [0, 0.05) is 0 Å². The molecule has 0 N–H and O–H groups in total. The molecule has 0 bridgehead atoms. The van der Waals surface area contributed by atoms with E-state index in [1.54, 1.807) is 0 Å². The highest BCUT2D eigenvalue weighted by Crippen LogP contribution is 2.37. The summed E-state index contributed by atoms with van der Waals surface area (Å²) in [6, 6.07) is 0. The van der Waals surface area contributed by atoms with E-state index >= 15 is 0 Å². The SMILES string of the molecule is CC.CC.CCC1(C)CCCCC1. The van der Waals surface area contributed by atoms with Gasteiger partial charge in [0.15, 0.2) is 0 Å². The topological polar surface area (TPSA) is 0 Å². The van der Waals surface area contributed by atoms with E-state index in [0.29, 0.717) is 0 Å². The molecule has 0 aromatic heterocycles. The Balaban J connectivity index is 0. The summed E-state index contributed by atoms with van der Waals surface area (Å²) in [6.45, 7) is 12.8. The van der Waals surface area contributed by atoms with Crippen LogP contribution in [0, 0.1) is 5.41 Å². The van der Waals surface area contributed by atoms with Gasteiger partial charge in [-0.25, -0.2) is 0 Å². The van der Waals surface area contributed by atoms with Gasteiger partial charge in [0.05, 0.1) is 0 Å². The van der Waals surface area contributed by atoms with Gasteiger partial charge in [-0.2, -0.15) is 0 Å². The molecule has 0 aromatic rings. The second-order valence-corrected chi connectivity index (χ2v) is 3.72. The molecule has 13 heavy (non-hydrogen) atoms. The average Bonchev–Trinajstić information content (AvgIpc) is 2.25. The predicted molar refractivity (Wildman–Crippen MR) is 64.2 cm³/mol. The standard InChI is InChI=1S/C9H18.2C2H6/c1-3-9(2)7-5-4-6-8-9;2*1-2/h3-8H2,1-2H3;2*1-2H3. The van der Waals surface area contributed by atoms with Crippen LogP contribution < -0.4 is 0 Å². The second-order valence-electron chi connectivity index (χ2n) is 3.72. The Hall–Kier alpha value is 0. The summed E-state index contributed by atoms with van der Waals surface area (Å²) in [5, 5.41) is 0. The Morgan fingerprint density at radius 3 is 1.46 bits per heavy atom. The molecule has 1 aliphatic rings. The predicted octanol–water partition coefficient (Wildman–Crippen LogP) is 5.42. The van der Waals surface area contributed by atoms with Crippen LogP contribution in [0.2, 0.25) is 0 Å². The highest BCUT2D eigenvalue weighted by Gasteiger charge is 2.23. The average molecular weight is 186 g/mol. The van der Waals surface area contributed by atoms with Crippen LogP contribution in [0.15, 0.2) is 0 Å². The lowest BCUT2D eigenvalue weighted by Crippen LogP contribution is -2.18. The first-order valence-corrected chi connectivity index (χ1v) is 6.27. The lowest BCUT2D eigenvalue weighted by atomic mass is 9.74. The van der Waals surface area contributed by atoms with Gasteiger partial charge in [-0.15, -0.1) is 0 Å². The van der Waals surface area contributed by atoms with Crippen LogP contribution in [0.3, 0.4) is 0 Å². The van der Waals surface area contributed by atoms with E-state index in [2.05, 4.69) is 13.8 Å². The fourth-order valence-corrected chi connectivity index (χ4v) is 1.76. The third-order valence-corrected chi connectivity index (χ3v) is 2.91. The lowest BCUT2D eigenvalue weighted by molar-refractivity contribution is 0.208. The van der Waals surface area contributed by atoms with E-state index in [4.69, 9.17) is 0 Å². The monoisotopic (exact) mass is 186 g/mol. The molecule has 0 atom stereocenters. The highest BCUT2D eigenvalue weighted by atomic mass is 14.3. The lowest BCUT2D eigenvalue weighted by Gasteiger charge is -2.32. The molecule has 1 fully saturated rings. The number of rotatable bonds is 1. The maximum Gasteiger partial charge on any atom is -0.0328 e. The van der Waals surface area contributed by atoms with E-state index < -0.39 is 0 Å². The summed E-state index contributed by atoms with van der Waals surface area (Å²) in [7, 11) is 0. The van der Waals surface area contributed by atoms with E-state index in [1.807, 2.05) is 27.7 Å². The van der Waals surface area contributed by atoms with Crippen molar-refractivity contribution in [3.05, 3.63) is 0 Å². The molecule has 1 rings (SSSR count). The van der Waals surface area contributed by atoms with Crippen LogP contribution in [0.25, 0.3) is 0 Å². The molecule has 1 saturated carbocycles. The van der Waals surface area contributed by atoms with Gasteiger partial charge >= 0.3 is 0 Å². The molecule has 0 heterocycles. The Morgan fingerprint density at radius 2 is 1.23 bits per heavy atom. The summed E-state index contributed by atoms with van der Waals surface area (Å²) in [4.78, 5) is 0. The molecule has 0 heteroatoms. The Bertz CT molecular complexity index is 78.0. The summed E-state index contributed by atoms with van der Waals surface area (Å²) >= 11 is 0. The molecule has 0 aliphatic heterocycles. The summed E-state index contributed by atoms with van der Waals surface area (Å²) in [6.07, 6.45) is 8.77. The Labute approximate surface area is 86.1 Å². The fraction of sp³-hybridized carbons (Fsp3) is 1.00. The van der Waals surface area contributed by atoms with Crippen molar-refractivity contribution >= 4 is 0 Å². The first-order valence-electron chi connectivity index (χ1n) is 6.27. The molecule has 82 valence electrons. The van der Waals surface area contributed by atoms with Crippen molar-refractivity contribution in [2.75, 3.05) is 0 Å². The van der Waals surface area contributed by atoms with Crippen LogP contribution >= 0.6 is 0 Å². The van der Waals surface area contributed by atoms with Gasteiger partial charge in [-0.3, -0.25) is 0 Å². The van der Waals surface area contributed by atoms with Crippen LogP contribution in [0.1, 0.15) is 80.1 Å². The molecule has 0 aromatic carbocycles. The maximum atomic E-state index is 2.44. The van der Waals surface area contributed by atoms with E-state index in [9.17, 15) is 0 Å². The van der Waals surface area contributed by atoms with Crippen molar-refractivity contribution in [2.45, 2.75) is 80.1 Å². The van der Waals surface area contributed by atoms with Crippen molar-refractivity contribution in [2.24, 2.45) is 5.41 Å². The molecule has 0 unspecified atom stereocenters. The zero-order chi connectivity index (χ0) is 10.7. The molecule has 0 nitrogen and oxygen atoms in total. The van der Waals surface area contributed by atoms with Gasteiger partial charge in [-0.05, 0) is 18.3 Å². The van der Waals surface area contributed by atoms with Crippen molar-refractivity contribution < 1.29 is 0 Å². The largest absolute Gasteiger partial charge is 0.0683 e. The number of hydrogen-bond donors (Lipinski definition) is 0. The minimum absolute atomic E-state index is 0.720. The van der Waals surface area contributed by atoms with Crippen molar-refractivity contribution in [1.82, 2.24) is 0 Å². The zero-order valence-electron chi connectivity index (χ0n) is 10.7. The van der Waals surface area contributed by atoms with Crippen molar-refractivity contribution in [3.63, 3.8) is 0 Å². The van der Waals surface area contributed by atoms with Crippen molar-refractivity contribution in [3.8, 4) is 0 Å². The van der Waals surface area contributed by atoms with Crippen LogP contribution in [-0.4, -0.2) is 0 Å². The van der Waals surface area contributed by atoms with Crippen LogP contribution in [0.5, 0.6) is 0 Å². The quantitative estimate of drug-likeness (QED) is 0.513. The van der Waals surface area contributed by atoms with E-state index in [1.165, 1.54) is 38.5 Å². The van der Waals surface area contributed by atoms with E-state index in [-0.39, 0.29) is 0 Å². The van der Waals surface area contributed by atoms with Crippen LogP contribution in [-0.2, 0) is 0 Å². The smallest absolute Gasteiger partial charge is 0.0328 e. The Kier molecular flexibility index (Phi) is 12.0. The third-order valence-electron chi connectivity index (χ3n) is 2.91. The van der Waals surface area contributed by atoms with Gasteiger partial charge in [0.25, 0.3) is 0 Å². The molecular weight excluding hydrogens is 156 g/mol. The first-order chi connectivity index (χ1) is 6.27. The third kappa shape index (κ3) is 7.10. The number of hydrogen-bond acceptors (Lipinski definition) is 0. The molecular formula is C13H30. The Morgan fingerprint density at radius 1 is 0.846 bits per heavy atom. The molecule has 1 aliphatic carbocycles. The minimum Gasteiger partial charge on any atom is -0.0683 e. The molecule has 0 spiro atoms. The van der Waals surface area contributed by atoms with Crippen molar-refractivity contribution in [1.29, 1.82) is 0 Å². The minimum atomic E-state index is 0.720.